The minimum Gasteiger partial charge on any atom is -0.340 e. The van der Waals surface area contributed by atoms with Crippen molar-refractivity contribution in [1.82, 2.24) is 15.7 Å². The number of amides is 2. The van der Waals surface area contributed by atoms with Gasteiger partial charge in [-0.1, -0.05) is 26.0 Å². The lowest BCUT2D eigenvalue weighted by atomic mass is 10.0. The van der Waals surface area contributed by atoms with Crippen LogP contribution in [0.25, 0.3) is 0 Å². The lowest BCUT2D eigenvalue weighted by Gasteiger charge is -2.20. The molecule has 2 rings (SSSR count). The van der Waals surface area contributed by atoms with Gasteiger partial charge in [0.2, 0.25) is 0 Å². The molecule has 2 N–H and O–H groups in total. The number of hydrogen-bond donors (Lipinski definition) is 2. The van der Waals surface area contributed by atoms with Crippen molar-refractivity contribution in [2.45, 2.75) is 19.9 Å². The lowest BCUT2D eigenvalue weighted by Crippen LogP contribution is -2.48. The van der Waals surface area contributed by atoms with E-state index in [0.29, 0.717) is 0 Å². The van der Waals surface area contributed by atoms with E-state index in [1.54, 1.807) is 44.4 Å². The molecule has 1 atom stereocenters. The summed E-state index contributed by atoms with van der Waals surface area (Å²) < 4.78 is 13.7. The number of halogens is 1. The Morgan fingerprint density at radius 3 is 2.48 bits per heavy atom. The Balaban J connectivity index is 2.02. The van der Waals surface area contributed by atoms with Crippen molar-refractivity contribution in [3.05, 3.63) is 65.7 Å². The van der Waals surface area contributed by atoms with Gasteiger partial charge in [-0.3, -0.25) is 14.6 Å². The van der Waals surface area contributed by atoms with Crippen LogP contribution in [0.5, 0.6) is 0 Å². The predicted octanol–water partition coefficient (Wildman–Crippen LogP) is 2.13. The summed E-state index contributed by atoms with van der Waals surface area (Å²) in [4.78, 5) is 28.4. The molecule has 6 nitrogen and oxygen atoms in total. The third kappa shape index (κ3) is 5.20. The highest BCUT2D eigenvalue weighted by Crippen LogP contribution is 2.09. The van der Waals surface area contributed by atoms with Gasteiger partial charge in [-0.2, -0.15) is 5.10 Å². The SMILES string of the molecule is CC(C)[C@H](NC(=O)c1ccccc1F)C(=O)N/N=C\c1ccncc1. The first-order valence-electron chi connectivity index (χ1n) is 7.77. The highest BCUT2D eigenvalue weighted by Gasteiger charge is 2.25. The number of hydrogen-bond acceptors (Lipinski definition) is 4. The molecule has 130 valence electrons. The van der Waals surface area contributed by atoms with E-state index in [4.69, 9.17) is 0 Å². The maximum Gasteiger partial charge on any atom is 0.262 e. The van der Waals surface area contributed by atoms with E-state index in [0.717, 1.165) is 5.56 Å². The number of aromatic nitrogens is 1. The second kappa shape index (κ2) is 8.68. The normalized spacial score (nSPS) is 12.2. The zero-order valence-electron chi connectivity index (χ0n) is 13.9. The van der Waals surface area contributed by atoms with Crippen molar-refractivity contribution < 1.29 is 14.0 Å². The topological polar surface area (TPSA) is 83.5 Å². The van der Waals surface area contributed by atoms with Crippen LogP contribution in [-0.2, 0) is 4.79 Å². The molecule has 0 radical (unpaired) electrons. The highest BCUT2D eigenvalue weighted by atomic mass is 19.1. The summed E-state index contributed by atoms with van der Waals surface area (Å²) in [6.45, 7) is 3.55. The van der Waals surface area contributed by atoms with Crippen LogP contribution in [-0.4, -0.2) is 29.1 Å². The zero-order valence-corrected chi connectivity index (χ0v) is 13.9. The minimum absolute atomic E-state index is 0.110. The molecule has 1 aromatic heterocycles. The number of pyridine rings is 1. The predicted molar refractivity (Wildman–Crippen MR) is 92.5 cm³/mol. The van der Waals surface area contributed by atoms with Crippen LogP contribution in [0.2, 0.25) is 0 Å². The van der Waals surface area contributed by atoms with E-state index in [1.165, 1.54) is 24.4 Å². The first-order valence-corrected chi connectivity index (χ1v) is 7.77. The van der Waals surface area contributed by atoms with Gasteiger partial charge < -0.3 is 5.32 Å². The fourth-order valence-corrected chi connectivity index (χ4v) is 2.09. The van der Waals surface area contributed by atoms with Gasteiger partial charge in [0.25, 0.3) is 11.8 Å². The fraction of sp³-hybridized carbons (Fsp3) is 0.222. The van der Waals surface area contributed by atoms with Gasteiger partial charge in [0.1, 0.15) is 11.9 Å². The molecule has 7 heteroatoms. The van der Waals surface area contributed by atoms with Crippen LogP contribution in [0.4, 0.5) is 4.39 Å². The molecule has 1 aromatic carbocycles. The minimum atomic E-state index is -0.846. The molecular formula is C18H19FN4O2. The van der Waals surface area contributed by atoms with E-state index in [-0.39, 0.29) is 11.5 Å². The average Bonchev–Trinajstić information content (AvgIpc) is 2.60. The molecule has 0 saturated heterocycles. The number of rotatable bonds is 6. The standard InChI is InChI=1S/C18H19FN4O2/c1-12(2)16(22-17(24)14-5-3-4-6-15(14)19)18(25)23-21-11-13-7-9-20-10-8-13/h3-12,16H,1-2H3,(H,22,24)(H,23,25)/b21-11-/t16-/m0/s1. The molecule has 0 unspecified atom stereocenters. The molecule has 0 fully saturated rings. The largest absolute Gasteiger partial charge is 0.340 e. The van der Waals surface area contributed by atoms with E-state index >= 15 is 0 Å². The van der Waals surface area contributed by atoms with Gasteiger partial charge in [0.05, 0.1) is 11.8 Å². The Morgan fingerprint density at radius 1 is 1.16 bits per heavy atom. The highest BCUT2D eigenvalue weighted by molar-refractivity contribution is 5.98. The van der Waals surface area contributed by atoms with E-state index in [9.17, 15) is 14.0 Å². The summed E-state index contributed by atoms with van der Waals surface area (Å²) in [5.41, 5.74) is 3.05. The Labute approximate surface area is 145 Å². The van der Waals surface area contributed by atoms with Crippen molar-refractivity contribution in [2.75, 3.05) is 0 Å². The zero-order chi connectivity index (χ0) is 18.2. The monoisotopic (exact) mass is 342 g/mol. The summed E-state index contributed by atoms with van der Waals surface area (Å²) in [7, 11) is 0. The number of carbonyl (C=O) groups is 2. The second-order valence-electron chi connectivity index (χ2n) is 5.69. The molecule has 25 heavy (non-hydrogen) atoms. The molecule has 2 amide bonds. The van der Waals surface area contributed by atoms with Crippen molar-refractivity contribution in [2.24, 2.45) is 11.0 Å². The van der Waals surface area contributed by atoms with Crippen molar-refractivity contribution in [1.29, 1.82) is 0 Å². The van der Waals surface area contributed by atoms with Gasteiger partial charge >= 0.3 is 0 Å². The summed E-state index contributed by atoms with van der Waals surface area (Å²) >= 11 is 0. The summed E-state index contributed by atoms with van der Waals surface area (Å²) in [6, 6.07) is 8.22. The maximum absolute atomic E-state index is 13.7. The van der Waals surface area contributed by atoms with Crippen molar-refractivity contribution in [3.63, 3.8) is 0 Å². The molecule has 1 heterocycles. The van der Waals surface area contributed by atoms with Crippen LogP contribution in [0, 0.1) is 11.7 Å². The molecule has 0 spiro atoms. The quantitative estimate of drug-likeness (QED) is 0.623. The van der Waals surface area contributed by atoms with Crippen molar-refractivity contribution in [3.8, 4) is 0 Å². The van der Waals surface area contributed by atoms with Gasteiger partial charge in [0, 0.05) is 12.4 Å². The Morgan fingerprint density at radius 2 is 1.84 bits per heavy atom. The molecule has 0 saturated carbocycles. The maximum atomic E-state index is 13.7. The fourth-order valence-electron chi connectivity index (χ4n) is 2.09. The Bertz CT molecular complexity index is 763. The molecule has 0 aliphatic heterocycles. The summed E-state index contributed by atoms with van der Waals surface area (Å²) in [5, 5.41) is 6.41. The number of hydrazone groups is 1. The summed E-state index contributed by atoms with van der Waals surface area (Å²) in [5.74, 6) is -1.97. The first-order chi connectivity index (χ1) is 12.0. The lowest BCUT2D eigenvalue weighted by molar-refractivity contribution is -0.123. The first kappa shape index (κ1) is 18.3. The van der Waals surface area contributed by atoms with Crippen LogP contribution < -0.4 is 10.7 Å². The average molecular weight is 342 g/mol. The van der Waals surface area contributed by atoms with Gasteiger partial charge in [-0.05, 0) is 35.7 Å². The molecule has 0 aliphatic carbocycles. The van der Waals surface area contributed by atoms with Gasteiger partial charge in [0.15, 0.2) is 0 Å². The number of benzene rings is 1. The van der Waals surface area contributed by atoms with E-state index in [2.05, 4.69) is 20.8 Å². The summed E-state index contributed by atoms with van der Waals surface area (Å²) in [6.07, 6.45) is 4.68. The third-order valence-electron chi connectivity index (χ3n) is 3.45. The van der Waals surface area contributed by atoms with Gasteiger partial charge in [-0.25, -0.2) is 9.82 Å². The van der Waals surface area contributed by atoms with Crippen LogP contribution in [0.15, 0.2) is 53.9 Å². The molecule has 0 bridgehead atoms. The van der Waals surface area contributed by atoms with E-state index in [1.807, 2.05) is 0 Å². The molecule has 0 aliphatic rings. The Hall–Kier alpha value is -3.09. The second-order valence-corrected chi connectivity index (χ2v) is 5.69. The van der Waals surface area contributed by atoms with Crippen LogP contribution >= 0.6 is 0 Å². The van der Waals surface area contributed by atoms with Crippen molar-refractivity contribution >= 4 is 18.0 Å². The molecule has 2 aromatic rings. The third-order valence-corrected chi connectivity index (χ3v) is 3.45. The Kier molecular flexibility index (Phi) is 6.33. The number of nitrogens with one attached hydrogen (secondary N) is 2. The van der Waals surface area contributed by atoms with Crippen LogP contribution in [0.1, 0.15) is 29.8 Å². The number of nitrogens with zero attached hydrogens (tertiary/aromatic N) is 2. The van der Waals surface area contributed by atoms with E-state index < -0.39 is 23.7 Å². The van der Waals surface area contributed by atoms with Gasteiger partial charge in [-0.15, -0.1) is 0 Å². The number of carbonyl (C=O) groups excluding carboxylic acids is 2. The van der Waals surface area contributed by atoms with Crippen LogP contribution in [0.3, 0.4) is 0 Å². The smallest absolute Gasteiger partial charge is 0.262 e. The molecular weight excluding hydrogens is 323 g/mol.